The summed E-state index contributed by atoms with van der Waals surface area (Å²) < 4.78 is 10.0. The van der Waals surface area contributed by atoms with E-state index in [-0.39, 0.29) is 18.0 Å². The van der Waals surface area contributed by atoms with E-state index in [1.54, 1.807) is 12.1 Å². The number of nitrogens with zero attached hydrogens (tertiary/aromatic N) is 1. The van der Waals surface area contributed by atoms with Crippen molar-refractivity contribution in [1.29, 1.82) is 0 Å². The molecule has 1 aliphatic heterocycles. The van der Waals surface area contributed by atoms with Gasteiger partial charge in [-0.15, -0.1) is 0 Å². The molecule has 0 fully saturated rings. The van der Waals surface area contributed by atoms with Gasteiger partial charge in [-0.05, 0) is 29.3 Å². The van der Waals surface area contributed by atoms with Crippen LogP contribution in [0, 0.1) is 0 Å². The number of anilines is 1. The molecule has 2 aromatic carbocycles. The monoisotopic (exact) mass is 410 g/mol. The Morgan fingerprint density at radius 1 is 1.07 bits per heavy atom. The van der Waals surface area contributed by atoms with E-state index in [0.29, 0.717) is 12.1 Å². The van der Waals surface area contributed by atoms with E-state index in [1.165, 1.54) is 31.1 Å². The molecule has 1 N–H and O–H groups in total. The molecule has 0 unspecified atom stereocenters. The summed E-state index contributed by atoms with van der Waals surface area (Å²) in [6, 6.07) is 13.0. The number of carbonyl (C=O) groups excluding carboxylic acids is 4. The Balaban J connectivity index is 1.69. The predicted molar refractivity (Wildman–Crippen MR) is 108 cm³/mol. The lowest BCUT2D eigenvalue weighted by Crippen LogP contribution is -2.50. The van der Waals surface area contributed by atoms with Gasteiger partial charge in [0.1, 0.15) is 6.04 Å². The minimum Gasteiger partial charge on any atom is -0.467 e. The van der Waals surface area contributed by atoms with Crippen LogP contribution >= 0.6 is 0 Å². The number of fused-ring (bicyclic) bond motifs is 1. The van der Waals surface area contributed by atoms with Crippen molar-refractivity contribution in [3.05, 3.63) is 65.2 Å². The number of carbonyl (C=O) groups is 4. The Morgan fingerprint density at radius 3 is 2.50 bits per heavy atom. The van der Waals surface area contributed by atoms with E-state index in [0.717, 1.165) is 11.1 Å². The van der Waals surface area contributed by atoms with Crippen LogP contribution in [0.2, 0.25) is 0 Å². The second-order valence-electron chi connectivity index (χ2n) is 6.87. The van der Waals surface area contributed by atoms with Crippen LogP contribution in [0.1, 0.15) is 28.4 Å². The molecule has 0 spiro atoms. The molecule has 156 valence electrons. The van der Waals surface area contributed by atoms with Crippen molar-refractivity contribution in [3.63, 3.8) is 0 Å². The quantitative estimate of drug-likeness (QED) is 0.756. The number of amides is 2. The molecule has 0 bridgehead atoms. The van der Waals surface area contributed by atoms with Gasteiger partial charge in [-0.2, -0.15) is 0 Å². The molecule has 0 saturated heterocycles. The summed E-state index contributed by atoms with van der Waals surface area (Å²) in [6.45, 7) is 1.07. The van der Waals surface area contributed by atoms with E-state index in [1.807, 2.05) is 24.3 Å². The third kappa shape index (κ3) is 4.83. The lowest BCUT2D eigenvalue weighted by Gasteiger charge is -2.35. The summed E-state index contributed by atoms with van der Waals surface area (Å²) in [7, 11) is 1.27. The van der Waals surface area contributed by atoms with E-state index >= 15 is 0 Å². The van der Waals surface area contributed by atoms with Crippen molar-refractivity contribution in [2.45, 2.75) is 25.9 Å². The Morgan fingerprint density at radius 2 is 1.80 bits per heavy atom. The van der Waals surface area contributed by atoms with E-state index in [2.05, 4.69) is 5.32 Å². The van der Waals surface area contributed by atoms with Gasteiger partial charge in [0.2, 0.25) is 5.91 Å². The van der Waals surface area contributed by atoms with Gasteiger partial charge in [-0.1, -0.05) is 30.3 Å². The molecule has 8 heteroatoms. The third-order valence-corrected chi connectivity index (χ3v) is 4.79. The fourth-order valence-corrected chi connectivity index (χ4v) is 3.35. The molecule has 0 radical (unpaired) electrons. The zero-order valence-corrected chi connectivity index (χ0v) is 16.7. The lowest BCUT2D eigenvalue weighted by atomic mass is 9.94. The highest BCUT2D eigenvalue weighted by molar-refractivity contribution is 5.95. The fourth-order valence-electron chi connectivity index (χ4n) is 3.35. The first kappa shape index (κ1) is 21.0. The molecular formula is C22H22N2O6. The van der Waals surface area contributed by atoms with Gasteiger partial charge in [-0.3, -0.25) is 9.59 Å². The maximum Gasteiger partial charge on any atom is 0.338 e. The van der Waals surface area contributed by atoms with Gasteiger partial charge in [0.25, 0.3) is 5.91 Å². The number of methoxy groups -OCH3 is 1. The minimum atomic E-state index is -0.779. The van der Waals surface area contributed by atoms with Crippen LogP contribution in [0.3, 0.4) is 0 Å². The Bertz CT molecular complexity index is 987. The first-order chi connectivity index (χ1) is 14.4. The van der Waals surface area contributed by atoms with Crippen molar-refractivity contribution < 1.29 is 28.7 Å². The molecule has 0 aliphatic carbocycles. The number of nitrogens with one attached hydrogen (secondary N) is 1. The summed E-state index contributed by atoms with van der Waals surface area (Å²) >= 11 is 0. The van der Waals surface area contributed by atoms with E-state index < -0.39 is 30.5 Å². The van der Waals surface area contributed by atoms with Gasteiger partial charge in [0.05, 0.1) is 12.7 Å². The highest BCUT2D eigenvalue weighted by atomic mass is 16.5. The van der Waals surface area contributed by atoms with Gasteiger partial charge >= 0.3 is 11.9 Å². The summed E-state index contributed by atoms with van der Waals surface area (Å²) in [5, 5.41) is 2.58. The zero-order chi connectivity index (χ0) is 21.7. The maximum atomic E-state index is 12.8. The number of hydrogen-bond donors (Lipinski definition) is 1. The van der Waals surface area contributed by atoms with Crippen molar-refractivity contribution in [3.8, 4) is 0 Å². The van der Waals surface area contributed by atoms with Gasteiger partial charge in [-0.25, -0.2) is 9.59 Å². The number of hydrogen-bond acceptors (Lipinski definition) is 6. The van der Waals surface area contributed by atoms with Crippen LogP contribution in [0.25, 0.3) is 0 Å². The molecule has 1 aliphatic rings. The first-order valence-corrected chi connectivity index (χ1v) is 9.38. The Labute approximate surface area is 173 Å². The lowest BCUT2D eigenvalue weighted by molar-refractivity contribution is -0.155. The van der Waals surface area contributed by atoms with Crippen molar-refractivity contribution in [2.24, 2.45) is 0 Å². The van der Waals surface area contributed by atoms with Crippen molar-refractivity contribution in [2.75, 3.05) is 19.0 Å². The molecule has 8 nitrogen and oxygen atoms in total. The number of benzene rings is 2. The Kier molecular flexibility index (Phi) is 6.46. The average molecular weight is 410 g/mol. The third-order valence-electron chi connectivity index (χ3n) is 4.79. The van der Waals surface area contributed by atoms with Crippen LogP contribution in [-0.4, -0.2) is 48.4 Å². The van der Waals surface area contributed by atoms with E-state index in [4.69, 9.17) is 9.47 Å². The normalized spacial score (nSPS) is 15.0. The van der Waals surface area contributed by atoms with Crippen molar-refractivity contribution >= 4 is 29.4 Å². The second kappa shape index (κ2) is 9.21. The summed E-state index contributed by atoms with van der Waals surface area (Å²) in [5.74, 6) is -1.99. The standard InChI is InChI=1S/C22H22N2O6/c1-14(25)23-18-9-5-8-16(10-18)21(27)30-13-20(26)24-12-17-7-4-3-6-15(17)11-19(24)22(28)29-2/h3-10,19H,11-13H2,1-2H3,(H,23,25)/t19-/m1/s1. The maximum absolute atomic E-state index is 12.8. The van der Waals surface area contributed by atoms with Gasteiger partial charge in [0.15, 0.2) is 6.61 Å². The average Bonchev–Trinajstić information content (AvgIpc) is 2.75. The van der Waals surface area contributed by atoms with Gasteiger partial charge in [0, 0.05) is 25.6 Å². The van der Waals surface area contributed by atoms with E-state index in [9.17, 15) is 19.2 Å². The largest absolute Gasteiger partial charge is 0.467 e. The second-order valence-corrected chi connectivity index (χ2v) is 6.87. The van der Waals surface area contributed by atoms with Crippen molar-refractivity contribution in [1.82, 2.24) is 4.90 Å². The minimum absolute atomic E-state index is 0.197. The predicted octanol–water partition coefficient (Wildman–Crippen LogP) is 1.93. The molecule has 1 atom stereocenters. The highest BCUT2D eigenvalue weighted by Crippen LogP contribution is 2.24. The van der Waals surface area contributed by atoms with Crippen LogP contribution in [-0.2, 0) is 36.8 Å². The summed E-state index contributed by atoms with van der Waals surface area (Å²) in [4.78, 5) is 49.9. The number of esters is 2. The van der Waals surface area contributed by atoms with Crippen LogP contribution in [0.4, 0.5) is 5.69 Å². The fraction of sp³-hybridized carbons (Fsp3) is 0.273. The SMILES string of the molecule is COC(=O)[C@H]1Cc2ccccc2CN1C(=O)COC(=O)c1cccc(NC(C)=O)c1. The van der Waals surface area contributed by atoms with Gasteiger partial charge < -0.3 is 19.7 Å². The molecule has 0 saturated carbocycles. The first-order valence-electron chi connectivity index (χ1n) is 9.38. The Hall–Kier alpha value is -3.68. The van der Waals surface area contributed by atoms with Crippen LogP contribution in [0.5, 0.6) is 0 Å². The van der Waals surface area contributed by atoms with Crippen LogP contribution < -0.4 is 5.32 Å². The molecule has 2 amide bonds. The topological polar surface area (TPSA) is 102 Å². The zero-order valence-electron chi connectivity index (χ0n) is 16.7. The van der Waals surface area contributed by atoms with Crippen LogP contribution in [0.15, 0.2) is 48.5 Å². The molecule has 0 aromatic heterocycles. The number of ether oxygens (including phenoxy) is 2. The molecule has 3 rings (SSSR count). The molecule has 2 aromatic rings. The molecule has 30 heavy (non-hydrogen) atoms. The molecular weight excluding hydrogens is 388 g/mol. The highest BCUT2D eigenvalue weighted by Gasteiger charge is 2.35. The summed E-state index contributed by atoms with van der Waals surface area (Å²) in [5.41, 5.74) is 2.55. The smallest absolute Gasteiger partial charge is 0.338 e. The molecule has 1 heterocycles. The summed E-state index contributed by atoms with van der Waals surface area (Å²) in [6.07, 6.45) is 0.335. The number of rotatable bonds is 5.